The second-order valence-corrected chi connectivity index (χ2v) is 4.11. The predicted molar refractivity (Wildman–Crippen MR) is 69.2 cm³/mol. The average Bonchev–Trinajstić information content (AvgIpc) is 2.20. The van der Waals surface area contributed by atoms with Gasteiger partial charge in [0.15, 0.2) is 0 Å². The highest BCUT2D eigenvalue weighted by molar-refractivity contribution is 7.80. The Morgan fingerprint density at radius 2 is 2.07 bits per heavy atom. The molecule has 2 nitrogen and oxygen atoms in total. The van der Waals surface area contributed by atoms with Crippen LogP contribution in [-0.4, -0.2) is 18.4 Å². The van der Waals surface area contributed by atoms with E-state index >= 15 is 0 Å². The maximum atomic E-state index is 5.69. The van der Waals surface area contributed by atoms with Crippen molar-refractivity contribution in [2.45, 2.75) is 26.4 Å². The molecule has 0 saturated heterocycles. The van der Waals surface area contributed by atoms with Gasteiger partial charge in [0.1, 0.15) is 5.75 Å². The molecule has 0 saturated carbocycles. The Morgan fingerprint density at radius 3 is 2.73 bits per heavy atom. The van der Waals surface area contributed by atoms with Gasteiger partial charge in [-0.25, -0.2) is 0 Å². The quantitative estimate of drug-likeness (QED) is 0.573. The molecule has 0 bridgehead atoms. The molecule has 0 aliphatic heterocycles. The number of hydrogen-bond donors (Lipinski definition) is 2. The van der Waals surface area contributed by atoms with Crippen molar-refractivity contribution in [1.82, 2.24) is 0 Å². The normalized spacial score (nSPS) is 10.4. The van der Waals surface area contributed by atoms with E-state index in [-0.39, 0.29) is 6.10 Å². The number of benzene rings is 1. The minimum atomic E-state index is 0.206. The highest BCUT2D eigenvalue weighted by atomic mass is 32.1. The van der Waals surface area contributed by atoms with Crippen molar-refractivity contribution in [3.05, 3.63) is 24.3 Å². The van der Waals surface area contributed by atoms with Crippen molar-refractivity contribution in [2.75, 3.05) is 17.6 Å². The van der Waals surface area contributed by atoms with Crippen LogP contribution in [0.3, 0.4) is 0 Å². The molecule has 0 radical (unpaired) electrons. The van der Waals surface area contributed by atoms with Crippen molar-refractivity contribution in [2.24, 2.45) is 0 Å². The summed E-state index contributed by atoms with van der Waals surface area (Å²) in [5.41, 5.74) is 1.06. The first-order valence-corrected chi connectivity index (χ1v) is 5.97. The molecule has 1 aromatic rings. The van der Waals surface area contributed by atoms with Gasteiger partial charge in [-0.15, -0.1) is 0 Å². The topological polar surface area (TPSA) is 21.3 Å². The largest absolute Gasteiger partial charge is 0.489 e. The molecule has 0 fully saturated rings. The summed E-state index contributed by atoms with van der Waals surface area (Å²) in [6.07, 6.45) is 1.26. The summed E-state index contributed by atoms with van der Waals surface area (Å²) in [7, 11) is 0. The van der Waals surface area contributed by atoms with Crippen LogP contribution in [0.4, 0.5) is 5.69 Å². The smallest absolute Gasteiger partial charge is 0.142 e. The Bertz CT molecular complexity index is 289. The number of ether oxygens (including phenoxy) is 1. The van der Waals surface area contributed by atoms with E-state index < -0.39 is 0 Å². The summed E-state index contributed by atoms with van der Waals surface area (Å²) in [5.74, 6) is 1.83. The van der Waals surface area contributed by atoms with Crippen molar-refractivity contribution in [3.63, 3.8) is 0 Å². The zero-order valence-corrected chi connectivity index (χ0v) is 10.3. The summed E-state index contributed by atoms with van der Waals surface area (Å²) in [6, 6.07) is 8.02. The Hall–Kier alpha value is -0.830. The molecule has 1 aromatic carbocycles. The molecule has 0 aromatic heterocycles. The van der Waals surface area contributed by atoms with E-state index in [0.717, 1.165) is 30.2 Å². The molecule has 1 rings (SSSR count). The van der Waals surface area contributed by atoms with Crippen molar-refractivity contribution in [1.29, 1.82) is 0 Å². The van der Waals surface area contributed by atoms with Crippen LogP contribution in [-0.2, 0) is 0 Å². The third-order valence-corrected chi connectivity index (χ3v) is 2.22. The van der Waals surface area contributed by atoms with E-state index in [9.17, 15) is 0 Å². The lowest BCUT2D eigenvalue weighted by Gasteiger charge is -2.15. The van der Waals surface area contributed by atoms with Crippen molar-refractivity contribution in [3.8, 4) is 5.75 Å². The Labute approximate surface area is 97.4 Å². The molecule has 0 spiro atoms. The van der Waals surface area contributed by atoms with Crippen molar-refractivity contribution < 1.29 is 4.74 Å². The number of rotatable bonds is 6. The van der Waals surface area contributed by atoms with Crippen LogP contribution in [0.15, 0.2) is 24.3 Å². The van der Waals surface area contributed by atoms with Crippen LogP contribution in [0, 0.1) is 0 Å². The zero-order valence-electron chi connectivity index (χ0n) is 9.36. The number of nitrogens with one attached hydrogen (secondary N) is 1. The fraction of sp³-hybridized carbons (Fsp3) is 0.500. The van der Waals surface area contributed by atoms with Crippen LogP contribution in [0.2, 0.25) is 0 Å². The average molecular weight is 225 g/mol. The van der Waals surface area contributed by atoms with E-state index in [1.807, 2.05) is 38.1 Å². The predicted octanol–water partition coefficient (Wildman–Crippen LogP) is 3.21. The number of thiol groups is 1. The first-order chi connectivity index (χ1) is 7.24. The molecule has 3 heteroatoms. The van der Waals surface area contributed by atoms with Gasteiger partial charge in [0, 0.05) is 6.54 Å². The van der Waals surface area contributed by atoms with Gasteiger partial charge >= 0.3 is 0 Å². The zero-order chi connectivity index (χ0) is 11.1. The molecular formula is C12H19NOS. The van der Waals surface area contributed by atoms with E-state index in [2.05, 4.69) is 17.9 Å². The third-order valence-electron chi connectivity index (χ3n) is 1.90. The fourth-order valence-electron chi connectivity index (χ4n) is 1.27. The van der Waals surface area contributed by atoms with E-state index in [4.69, 9.17) is 4.74 Å². The lowest BCUT2D eigenvalue weighted by Crippen LogP contribution is -2.09. The molecule has 0 amide bonds. The molecule has 0 aliphatic carbocycles. The molecular weight excluding hydrogens is 206 g/mol. The van der Waals surface area contributed by atoms with Crippen LogP contribution in [0.5, 0.6) is 5.75 Å². The van der Waals surface area contributed by atoms with E-state index in [1.54, 1.807) is 0 Å². The van der Waals surface area contributed by atoms with Gasteiger partial charge in [-0.3, -0.25) is 0 Å². The van der Waals surface area contributed by atoms with Gasteiger partial charge in [-0.2, -0.15) is 12.6 Å². The number of para-hydroxylation sites is 2. The van der Waals surface area contributed by atoms with Gasteiger partial charge in [-0.1, -0.05) is 12.1 Å². The molecule has 15 heavy (non-hydrogen) atoms. The van der Waals surface area contributed by atoms with E-state index in [1.165, 1.54) is 0 Å². The van der Waals surface area contributed by atoms with Crippen LogP contribution < -0.4 is 10.1 Å². The van der Waals surface area contributed by atoms with Crippen LogP contribution in [0.25, 0.3) is 0 Å². The minimum Gasteiger partial charge on any atom is -0.489 e. The van der Waals surface area contributed by atoms with Gasteiger partial charge in [0.05, 0.1) is 11.8 Å². The lowest BCUT2D eigenvalue weighted by molar-refractivity contribution is 0.243. The molecule has 0 atom stereocenters. The van der Waals surface area contributed by atoms with Gasteiger partial charge in [0.25, 0.3) is 0 Å². The summed E-state index contributed by atoms with van der Waals surface area (Å²) in [4.78, 5) is 0. The number of hydrogen-bond acceptors (Lipinski definition) is 3. The lowest BCUT2D eigenvalue weighted by atomic mass is 10.3. The Kier molecular flexibility index (Phi) is 5.40. The van der Waals surface area contributed by atoms with Gasteiger partial charge < -0.3 is 10.1 Å². The fourth-order valence-corrected chi connectivity index (χ4v) is 1.43. The highest BCUT2D eigenvalue weighted by Crippen LogP contribution is 2.24. The SMILES string of the molecule is CC(C)Oc1ccccc1NCCCS. The van der Waals surface area contributed by atoms with Gasteiger partial charge in [-0.05, 0) is 38.2 Å². The summed E-state index contributed by atoms with van der Waals surface area (Å²) in [6.45, 7) is 5.00. The molecule has 0 aliphatic rings. The summed E-state index contributed by atoms with van der Waals surface area (Å²) < 4.78 is 5.69. The van der Waals surface area contributed by atoms with Crippen LogP contribution in [0.1, 0.15) is 20.3 Å². The molecule has 0 unspecified atom stereocenters. The summed E-state index contributed by atoms with van der Waals surface area (Å²) in [5, 5.41) is 3.35. The minimum absolute atomic E-state index is 0.206. The number of anilines is 1. The molecule has 1 N–H and O–H groups in total. The first-order valence-electron chi connectivity index (χ1n) is 5.34. The Morgan fingerprint density at radius 1 is 1.33 bits per heavy atom. The van der Waals surface area contributed by atoms with Crippen molar-refractivity contribution >= 4 is 18.3 Å². The molecule has 84 valence electrons. The van der Waals surface area contributed by atoms with Crippen LogP contribution >= 0.6 is 12.6 Å². The van der Waals surface area contributed by atoms with E-state index in [0.29, 0.717) is 0 Å². The highest BCUT2D eigenvalue weighted by Gasteiger charge is 2.03. The second-order valence-electron chi connectivity index (χ2n) is 3.67. The van der Waals surface area contributed by atoms with Gasteiger partial charge in [0.2, 0.25) is 0 Å². The maximum absolute atomic E-state index is 5.69. The summed E-state index contributed by atoms with van der Waals surface area (Å²) >= 11 is 4.18. The molecule has 0 heterocycles. The maximum Gasteiger partial charge on any atom is 0.142 e. The third kappa shape index (κ3) is 4.47. The Balaban J connectivity index is 2.60. The monoisotopic (exact) mass is 225 g/mol. The first kappa shape index (κ1) is 12.2. The standard InChI is InChI=1S/C12H19NOS/c1-10(2)14-12-7-4-3-6-11(12)13-8-5-9-15/h3-4,6-7,10,13,15H,5,8-9H2,1-2H3. The second kappa shape index (κ2) is 6.62.